The standard InChI is InChI=1S/C13H13F2N3O2/c14-9-2-1-3-10(15)8(9)6-12-17-13(18-20-12)11-7-19-5-4-16-11/h1-3,11,16H,4-7H2. The molecule has 1 N–H and O–H groups in total. The maximum atomic E-state index is 13.5. The molecular formula is C13H13F2N3O2. The number of nitrogens with zero attached hydrogens (tertiary/aromatic N) is 2. The van der Waals surface area contributed by atoms with E-state index in [-0.39, 0.29) is 23.9 Å². The third-order valence-electron chi connectivity index (χ3n) is 3.11. The van der Waals surface area contributed by atoms with E-state index in [2.05, 4.69) is 15.5 Å². The van der Waals surface area contributed by atoms with E-state index in [0.717, 1.165) is 0 Å². The first-order valence-corrected chi connectivity index (χ1v) is 6.30. The summed E-state index contributed by atoms with van der Waals surface area (Å²) in [5, 5.41) is 7.00. The summed E-state index contributed by atoms with van der Waals surface area (Å²) in [5.41, 5.74) is -0.0736. The van der Waals surface area contributed by atoms with Gasteiger partial charge in [0, 0.05) is 12.1 Å². The van der Waals surface area contributed by atoms with E-state index < -0.39 is 11.6 Å². The summed E-state index contributed by atoms with van der Waals surface area (Å²) in [6.07, 6.45) is -0.0704. The third-order valence-corrected chi connectivity index (χ3v) is 3.11. The predicted molar refractivity (Wildman–Crippen MR) is 65.0 cm³/mol. The summed E-state index contributed by atoms with van der Waals surface area (Å²) in [6.45, 7) is 1.80. The van der Waals surface area contributed by atoms with Crippen molar-refractivity contribution in [2.75, 3.05) is 19.8 Å². The lowest BCUT2D eigenvalue weighted by Crippen LogP contribution is -2.35. The van der Waals surface area contributed by atoms with Crippen molar-refractivity contribution in [2.45, 2.75) is 12.5 Å². The van der Waals surface area contributed by atoms with E-state index >= 15 is 0 Å². The highest BCUT2D eigenvalue weighted by Gasteiger charge is 2.22. The SMILES string of the molecule is Fc1cccc(F)c1Cc1nc(C2COCCN2)no1. The fraction of sp³-hybridized carbons (Fsp3) is 0.385. The monoisotopic (exact) mass is 281 g/mol. The molecule has 0 aliphatic carbocycles. The molecule has 2 aromatic rings. The van der Waals surface area contributed by atoms with Crippen LogP contribution in [0.25, 0.3) is 0 Å². The zero-order valence-electron chi connectivity index (χ0n) is 10.6. The summed E-state index contributed by atoms with van der Waals surface area (Å²) in [4.78, 5) is 4.16. The summed E-state index contributed by atoms with van der Waals surface area (Å²) in [6, 6.07) is 3.57. The van der Waals surface area contributed by atoms with Crippen LogP contribution in [0.3, 0.4) is 0 Å². The van der Waals surface area contributed by atoms with E-state index in [1.165, 1.54) is 18.2 Å². The zero-order valence-corrected chi connectivity index (χ0v) is 10.6. The van der Waals surface area contributed by atoms with Crippen molar-refractivity contribution in [1.82, 2.24) is 15.5 Å². The summed E-state index contributed by atoms with van der Waals surface area (Å²) >= 11 is 0. The largest absolute Gasteiger partial charge is 0.378 e. The van der Waals surface area contributed by atoms with Gasteiger partial charge in [0.1, 0.15) is 11.6 Å². The first-order chi connectivity index (χ1) is 9.74. The summed E-state index contributed by atoms with van der Waals surface area (Å²) in [5.74, 6) is -0.624. The van der Waals surface area contributed by atoms with Crippen molar-refractivity contribution in [2.24, 2.45) is 0 Å². The van der Waals surface area contributed by atoms with Gasteiger partial charge in [-0.2, -0.15) is 4.98 Å². The highest BCUT2D eigenvalue weighted by atomic mass is 19.1. The van der Waals surface area contributed by atoms with Crippen LogP contribution in [0.1, 0.15) is 23.3 Å². The molecule has 0 radical (unpaired) electrons. The highest BCUT2D eigenvalue weighted by Crippen LogP contribution is 2.18. The highest BCUT2D eigenvalue weighted by molar-refractivity contribution is 5.22. The lowest BCUT2D eigenvalue weighted by Gasteiger charge is -2.20. The number of hydrogen-bond acceptors (Lipinski definition) is 5. The van der Waals surface area contributed by atoms with Crippen LogP contribution in [0.2, 0.25) is 0 Å². The Morgan fingerprint density at radius 2 is 2.10 bits per heavy atom. The molecule has 0 saturated carbocycles. The molecule has 0 spiro atoms. The smallest absolute Gasteiger partial charge is 0.231 e. The molecule has 0 amide bonds. The van der Waals surface area contributed by atoms with Crippen LogP contribution < -0.4 is 5.32 Å². The van der Waals surface area contributed by atoms with E-state index in [1.54, 1.807) is 0 Å². The molecule has 1 aromatic carbocycles. The Morgan fingerprint density at radius 3 is 2.80 bits per heavy atom. The molecule has 5 nitrogen and oxygen atoms in total. The van der Waals surface area contributed by atoms with Gasteiger partial charge in [0.15, 0.2) is 5.82 Å². The van der Waals surface area contributed by atoms with Gasteiger partial charge in [0.05, 0.1) is 25.7 Å². The molecule has 1 aromatic heterocycles. The molecule has 2 heterocycles. The molecule has 20 heavy (non-hydrogen) atoms. The molecule has 1 aliphatic heterocycles. The number of hydrogen-bond donors (Lipinski definition) is 1. The number of aromatic nitrogens is 2. The van der Waals surface area contributed by atoms with Gasteiger partial charge in [0.2, 0.25) is 5.89 Å². The van der Waals surface area contributed by atoms with Crippen LogP contribution in [0.4, 0.5) is 8.78 Å². The van der Waals surface area contributed by atoms with E-state index in [1.807, 2.05) is 0 Å². The lowest BCUT2D eigenvalue weighted by molar-refractivity contribution is 0.0734. The first-order valence-electron chi connectivity index (χ1n) is 6.30. The van der Waals surface area contributed by atoms with Crippen LogP contribution in [0.15, 0.2) is 22.7 Å². The van der Waals surface area contributed by atoms with E-state index in [0.29, 0.717) is 25.6 Å². The van der Waals surface area contributed by atoms with Crippen LogP contribution in [-0.2, 0) is 11.2 Å². The first kappa shape index (κ1) is 13.1. The number of nitrogens with one attached hydrogen (secondary N) is 1. The maximum absolute atomic E-state index is 13.5. The fourth-order valence-electron chi connectivity index (χ4n) is 2.07. The van der Waals surface area contributed by atoms with Gasteiger partial charge in [-0.15, -0.1) is 0 Å². The average Bonchev–Trinajstić information content (AvgIpc) is 2.93. The zero-order chi connectivity index (χ0) is 13.9. The van der Waals surface area contributed by atoms with E-state index in [9.17, 15) is 8.78 Å². The quantitative estimate of drug-likeness (QED) is 0.926. The Hall–Kier alpha value is -1.86. The molecular weight excluding hydrogens is 268 g/mol. The minimum absolute atomic E-state index is 0.0704. The summed E-state index contributed by atoms with van der Waals surface area (Å²) in [7, 11) is 0. The second kappa shape index (κ2) is 5.64. The number of benzene rings is 1. The second-order valence-corrected chi connectivity index (χ2v) is 4.50. The fourth-order valence-corrected chi connectivity index (χ4v) is 2.07. The molecule has 1 saturated heterocycles. The van der Waals surface area contributed by atoms with Crippen molar-refractivity contribution < 1.29 is 18.0 Å². The van der Waals surface area contributed by atoms with Gasteiger partial charge in [0.25, 0.3) is 0 Å². The normalized spacial score (nSPS) is 19.2. The lowest BCUT2D eigenvalue weighted by atomic mass is 10.1. The number of rotatable bonds is 3. The van der Waals surface area contributed by atoms with Crippen LogP contribution in [0.5, 0.6) is 0 Å². The van der Waals surface area contributed by atoms with Gasteiger partial charge in [-0.25, -0.2) is 8.78 Å². The number of halogens is 2. The number of morpholine rings is 1. The molecule has 1 atom stereocenters. The summed E-state index contributed by atoms with van der Waals surface area (Å²) < 4.78 is 37.4. The van der Waals surface area contributed by atoms with Crippen molar-refractivity contribution in [3.05, 3.63) is 47.1 Å². The Bertz CT molecular complexity index is 577. The van der Waals surface area contributed by atoms with Crippen molar-refractivity contribution in [1.29, 1.82) is 0 Å². The van der Waals surface area contributed by atoms with Crippen LogP contribution >= 0.6 is 0 Å². The second-order valence-electron chi connectivity index (χ2n) is 4.50. The topological polar surface area (TPSA) is 60.2 Å². The van der Waals surface area contributed by atoms with Gasteiger partial charge >= 0.3 is 0 Å². The molecule has 7 heteroatoms. The Balaban J connectivity index is 1.77. The minimum Gasteiger partial charge on any atom is -0.378 e. The van der Waals surface area contributed by atoms with E-state index in [4.69, 9.17) is 9.26 Å². The van der Waals surface area contributed by atoms with Crippen molar-refractivity contribution in [3.8, 4) is 0 Å². The molecule has 1 fully saturated rings. The molecule has 1 aliphatic rings. The van der Waals surface area contributed by atoms with Crippen LogP contribution in [-0.4, -0.2) is 29.9 Å². The average molecular weight is 281 g/mol. The maximum Gasteiger partial charge on any atom is 0.231 e. The van der Waals surface area contributed by atoms with Gasteiger partial charge in [-0.3, -0.25) is 0 Å². The number of ether oxygens (including phenoxy) is 1. The van der Waals surface area contributed by atoms with Crippen molar-refractivity contribution >= 4 is 0 Å². The van der Waals surface area contributed by atoms with Gasteiger partial charge in [-0.05, 0) is 12.1 Å². The Kier molecular flexibility index (Phi) is 3.70. The van der Waals surface area contributed by atoms with Gasteiger partial charge < -0.3 is 14.6 Å². The van der Waals surface area contributed by atoms with Crippen molar-refractivity contribution in [3.63, 3.8) is 0 Å². The third kappa shape index (κ3) is 2.68. The Morgan fingerprint density at radius 1 is 1.30 bits per heavy atom. The predicted octanol–water partition coefficient (Wildman–Crippen LogP) is 1.60. The molecule has 3 rings (SSSR count). The minimum atomic E-state index is -0.621. The molecule has 106 valence electrons. The Labute approximate surface area is 113 Å². The van der Waals surface area contributed by atoms with Crippen LogP contribution in [0, 0.1) is 11.6 Å². The molecule has 0 bridgehead atoms. The van der Waals surface area contributed by atoms with Gasteiger partial charge in [-0.1, -0.05) is 11.2 Å². The molecule has 1 unspecified atom stereocenters.